The van der Waals surface area contributed by atoms with E-state index in [9.17, 15) is 19.7 Å². The molecular weight excluding hydrogens is 417 g/mol. The number of hydrogen-bond donors (Lipinski definition) is 2. The molecule has 1 aromatic heterocycles. The lowest BCUT2D eigenvalue weighted by Gasteiger charge is -2.41. The van der Waals surface area contributed by atoms with Crippen molar-refractivity contribution in [3.05, 3.63) is 113 Å². The molecule has 2 N–H and O–H groups in total. The summed E-state index contributed by atoms with van der Waals surface area (Å²) in [6.45, 7) is 0. The lowest BCUT2D eigenvalue weighted by molar-refractivity contribution is -0.116. The number of aliphatic hydroxyl groups is 1. The highest BCUT2D eigenvalue weighted by molar-refractivity contribution is 6.19. The molecule has 0 radical (unpaired) electrons. The van der Waals surface area contributed by atoms with Gasteiger partial charge in [-0.1, -0.05) is 36.4 Å². The lowest BCUT2D eigenvalue weighted by atomic mass is 9.74. The van der Waals surface area contributed by atoms with Gasteiger partial charge in [0.2, 0.25) is 0 Å². The van der Waals surface area contributed by atoms with E-state index in [0.717, 1.165) is 11.3 Å². The maximum absolute atomic E-state index is 13.7. The zero-order chi connectivity index (χ0) is 22.9. The predicted octanol–water partition coefficient (Wildman–Crippen LogP) is 5.78. The van der Waals surface area contributed by atoms with E-state index in [1.54, 1.807) is 47.6 Å². The Bertz CT molecular complexity index is 1280. The van der Waals surface area contributed by atoms with Crippen LogP contribution in [-0.4, -0.2) is 21.7 Å². The summed E-state index contributed by atoms with van der Waals surface area (Å²) in [5, 5.41) is 20.6. The Kier molecular flexibility index (Phi) is 5.34. The van der Waals surface area contributed by atoms with Gasteiger partial charge < -0.3 is 5.11 Å². The number of Topliss-reactive ketones (excluding diaryl/α,β-unsaturated/α-hetero) is 1. The number of hydrogen-bond acceptors (Lipinski definition) is 4. The van der Waals surface area contributed by atoms with Gasteiger partial charge in [0.1, 0.15) is 17.4 Å². The van der Waals surface area contributed by atoms with Gasteiger partial charge in [-0.25, -0.2) is 4.39 Å². The summed E-state index contributed by atoms with van der Waals surface area (Å²) in [6, 6.07) is 18.5. The zero-order valence-corrected chi connectivity index (χ0v) is 17.8. The molecule has 6 heteroatoms. The minimum Gasteiger partial charge on any atom is -0.507 e. The van der Waals surface area contributed by atoms with Crippen LogP contribution in [0.2, 0.25) is 0 Å². The Morgan fingerprint density at radius 3 is 2.48 bits per heavy atom. The van der Waals surface area contributed by atoms with Crippen molar-refractivity contribution in [2.24, 2.45) is 0 Å². The molecule has 0 saturated carbocycles. The van der Waals surface area contributed by atoms with Crippen LogP contribution in [0.15, 0.2) is 96.0 Å². The van der Waals surface area contributed by atoms with Gasteiger partial charge in [-0.15, -0.1) is 0 Å². The topological polar surface area (TPSA) is 77.3 Å². The largest absolute Gasteiger partial charge is 0.507 e. The third-order valence-corrected chi connectivity index (χ3v) is 6.16. The highest BCUT2D eigenvalue weighted by Crippen LogP contribution is 2.47. The quantitative estimate of drug-likeness (QED) is 0.507. The molecule has 1 atom stereocenters. The van der Waals surface area contributed by atoms with Crippen LogP contribution in [-0.2, 0) is 4.79 Å². The number of aromatic nitrogens is 1. The first-order valence-corrected chi connectivity index (χ1v) is 10.9. The average Bonchev–Trinajstić information content (AvgIpc) is 2.85. The van der Waals surface area contributed by atoms with Crippen molar-refractivity contribution in [3.8, 4) is 0 Å². The minimum absolute atomic E-state index is 0.0110. The highest BCUT2D eigenvalue weighted by atomic mass is 19.1. The minimum atomic E-state index is -0.620. The fraction of sp³-hybridized carbons (Fsp3) is 0.148. The van der Waals surface area contributed by atoms with Crippen LogP contribution < -0.4 is 4.90 Å². The van der Waals surface area contributed by atoms with E-state index in [0.29, 0.717) is 41.7 Å². The van der Waals surface area contributed by atoms with Crippen molar-refractivity contribution < 1.29 is 14.3 Å². The molecule has 0 saturated heterocycles. The summed E-state index contributed by atoms with van der Waals surface area (Å²) in [5.41, 5.74) is 3.48. The van der Waals surface area contributed by atoms with E-state index < -0.39 is 5.92 Å². The summed E-state index contributed by atoms with van der Waals surface area (Å²) in [6.07, 6.45) is 5.01. The average molecular weight is 439 g/mol. The number of aliphatic hydroxyl groups excluding tert-OH is 1. The maximum Gasteiger partial charge on any atom is 0.161 e. The van der Waals surface area contributed by atoms with Gasteiger partial charge in [-0.3, -0.25) is 20.1 Å². The van der Waals surface area contributed by atoms with E-state index in [1.807, 2.05) is 24.3 Å². The zero-order valence-electron chi connectivity index (χ0n) is 17.8. The van der Waals surface area contributed by atoms with Crippen molar-refractivity contribution in [1.82, 2.24) is 4.98 Å². The van der Waals surface area contributed by atoms with Gasteiger partial charge in [-0.05, 0) is 48.7 Å². The van der Waals surface area contributed by atoms with Crippen molar-refractivity contribution in [2.75, 3.05) is 4.90 Å². The van der Waals surface area contributed by atoms with E-state index in [1.165, 1.54) is 12.1 Å². The number of rotatable bonds is 3. The molecule has 2 heterocycles. The molecule has 5 nitrogen and oxygen atoms in total. The van der Waals surface area contributed by atoms with Crippen molar-refractivity contribution in [1.29, 1.82) is 5.41 Å². The monoisotopic (exact) mass is 439 g/mol. The Balaban J connectivity index is 1.82. The molecule has 1 aliphatic carbocycles. The van der Waals surface area contributed by atoms with E-state index in [2.05, 4.69) is 4.98 Å². The normalized spacial score (nSPS) is 20.0. The second-order valence-corrected chi connectivity index (χ2v) is 8.15. The number of carbonyl (C=O) groups excluding carboxylic acids is 1. The number of ketones is 1. The molecule has 0 fully saturated rings. The van der Waals surface area contributed by atoms with Crippen molar-refractivity contribution in [2.45, 2.75) is 25.2 Å². The predicted molar refractivity (Wildman–Crippen MR) is 125 cm³/mol. The first-order chi connectivity index (χ1) is 16.1. The van der Waals surface area contributed by atoms with Crippen LogP contribution in [0.5, 0.6) is 0 Å². The number of pyridine rings is 1. The molecule has 1 aliphatic heterocycles. The van der Waals surface area contributed by atoms with Gasteiger partial charge in [0, 0.05) is 52.8 Å². The molecule has 3 aromatic rings. The van der Waals surface area contributed by atoms with Crippen LogP contribution in [0.1, 0.15) is 36.3 Å². The van der Waals surface area contributed by atoms with Crippen molar-refractivity contribution >= 4 is 23.1 Å². The molecule has 33 heavy (non-hydrogen) atoms. The van der Waals surface area contributed by atoms with E-state index >= 15 is 0 Å². The molecule has 164 valence electrons. The molecular formula is C27H22FN3O2. The van der Waals surface area contributed by atoms with Gasteiger partial charge in [0.15, 0.2) is 5.78 Å². The third kappa shape index (κ3) is 3.63. The third-order valence-electron chi connectivity index (χ3n) is 6.16. The van der Waals surface area contributed by atoms with Crippen LogP contribution in [0.25, 0.3) is 5.76 Å². The molecule has 0 amide bonds. The molecule has 0 bridgehead atoms. The standard InChI is InChI=1S/C27H22FN3O2/c28-19-11-13-20(14-12-19)31-21-9-4-10-22(32)24(21)23(18-8-5-15-30-16-18)25(27(31)29)26(33)17-6-2-1-3-7-17/h1-3,5-8,11-16,23,29,33H,4,9-10H2/b26-25+,29-27?/t23-/m0/s1. The van der Waals surface area contributed by atoms with Crippen LogP contribution in [0, 0.1) is 11.2 Å². The second-order valence-electron chi connectivity index (χ2n) is 8.15. The molecule has 0 spiro atoms. The number of benzene rings is 2. The van der Waals surface area contributed by atoms with Crippen LogP contribution >= 0.6 is 0 Å². The number of anilines is 1. The van der Waals surface area contributed by atoms with Gasteiger partial charge in [0.25, 0.3) is 0 Å². The number of halogens is 1. The summed E-state index contributed by atoms with van der Waals surface area (Å²) in [5.74, 6) is -1.02. The highest BCUT2D eigenvalue weighted by Gasteiger charge is 2.43. The van der Waals surface area contributed by atoms with E-state index in [-0.39, 0.29) is 23.2 Å². The lowest BCUT2D eigenvalue weighted by Crippen LogP contribution is -2.42. The molecule has 0 unspecified atom stereocenters. The first kappa shape index (κ1) is 20.8. The van der Waals surface area contributed by atoms with Crippen LogP contribution in [0.3, 0.4) is 0 Å². The Hall–Kier alpha value is -4.06. The van der Waals surface area contributed by atoms with Gasteiger partial charge >= 0.3 is 0 Å². The Labute approximate surface area is 191 Å². The van der Waals surface area contributed by atoms with Gasteiger partial charge in [0.05, 0.1) is 0 Å². The SMILES string of the molecule is N=C1/C(=C(/O)c2ccccc2)[C@@H](c2cccnc2)C2=C(CCCC2=O)N1c1ccc(F)cc1. The number of amidine groups is 1. The second kappa shape index (κ2) is 8.47. The number of allylic oxidation sites excluding steroid dienone is 2. The summed E-state index contributed by atoms with van der Waals surface area (Å²) < 4.78 is 13.7. The summed E-state index contributed by atoms with van der Waals surface area (Å²) >= 11 is 0. The van der Waals surface area contributed by atoms with E-state index in [4.69, 9.17) is 0 Å². The first-order valence-electron chi connectivity index (χ1n) is 10.9. The fourth-order valence-electron chi connectivity index (χ4n) is 4.70. The fourth-order valence-corrected chi connectivity index (χ4v) is 4.70. The van der Waals surface area contributed by atoms with Gasteiger partial charge in [-0.2, -0.15) is 0 Å². The maximum atomic E-state index is 13.7. The van der Waals surface area contributed by atoms with Crippen molar-refractivity contribution in [3.63, 3.8) is 0 Å². The number of nitrogens with zero attached hydrogens (tertiary/aromatic N) is 2. The summed E-state index contributed by atoms with van der Waals surface area (Å²) in [7, 11) is 0. The molecule has 2 aliphatic rings. The number of carbonyl (C=O) groups is 1. The van der Waals surface area contributed by atoms with Crippen LogP contribution in [0.4, 0.5) is 10.1 Å². The molecule has 5 rings (SSSR count). The Morgan fingerprint density at radius 2 is 1.79 bits per heavy atom. The summed E-state index contributed by atoms with van der Waals surface area (Å²) in [4.78, 5) is 19.2. The number of nitrogens with one attached hydrogen (secondary N) is 1. The molecule has 2 aromatic carbocycles. The Morgan fingerprint density at radius 1 is 1.03 bits per heavy atom. The smallest absolute Gasteiger partial charge is 0.161 e.